The van der Waals surface area contributed by atoms with Crippen molar-refractivity contribution in [2.75, 3.05) is 5.32 Å². The van der Waals surface area contributed by atoms with Gasteiger partial charge < -0.3 is 5.32 Å². The standard InChI is InChI=1S/C16H15Cl2N3S/c1-10-5-3-8-14(11(10)2)20-16(22)21-19-9-12-6-4-7-13(17)15(12)18/h3-9H,1-2H3,(H2,20,21,22)/b19-9-. The minimum atomic E-state index is 0.406. The van der Waals surface area contributed by atoms with Gasteiger partial charge in [0.05, 0.1) is 16.3 Å². The molecule has 0 saturated heterocycles. The molecule has 2 N–H and O–H groups in total. The van der Waals surface area contributed by atoms with E-state index >= 15 is 0 Å². The molecule has 0 aromatic heterocycles. The molecule has 114 valence electrons. The number of nitrogens with one attached hydrogen (secondary N) is 2. The fraction of sp³-hybridized carbons (Fsp3) is 0.125. The first kappa shape index (κ1) is 16.7. The number of hydrogen-bond acceptors (Lipinski definition) is 2. The van der Waals surface area contributed by atoms with Crippen LogP contribution in [0.25, 0.3) is 0 Å². The lowest BCUT2D eigenvalue weighted by atomic mass is 10.1. The first-order valence-corrected chi connectivity index (χ1v) is 7.75. The molecule has 0 atom stereocenters. The third-order valence-corrected chi connectivity index (χ3v) is 4.23. The summed E-state index contributed by atoms with van der Waals surface area (Å²) in [5.41, 5.74) is 6.78. The number of anilines is 1. The molecule has 0 unspecified atom stereocenters. The van der Waals surface area contributed by atoms with E-state index in [9.17, 15) is 0 Å². The molecule has 0 aliphatic rings. The van der Waals surface area contributed by atoms with Gasteiger partial charge in [0.15, 0.2) is 5.11 Å². The van der Waals surface area contributed by atoms with Crippen LogP contribution in [-0.2, 0) is 0 Å². The molecule has 0 amide bonds. The van der Waals surface area contributed by atoms with E-state index < -0.39 is 0 Å². The third kappa shape index (κ3) is 4.19. The van der Waals surface area contributed by atoms with Crippen molar-refractivity contribution in [2.45, 2.75) is 13.8 Å². The number of aryl methyl sites for hydroxylation is 1. The molecule has 0 saturated carbocycles. The van der Waals surface area contributed by atoms with Crippen LogP contribution in [0.5, 0.6) is 0 Å². The van der Waals surface area contributed by atoms with E-state index in [1.54, 1.807) is 12.3 Å². The number of rotatable bonds is 3. The van der Waals surface area contributed by atoms with E-state index in [0.29, 0.717) is 15.2 Å². The first-order valence-electron chi connectivity index (χ1n) is 6.59. The number of benzene rings is 2. The predicted octanol–water partition coefficient (Wildman–Crippen LogP) is 4.93. The SMILES string of the molecule is Cc1cccc(NC(=S)N/N=C\c2cccc(Cl)c2Cl)c1C. The van der Waals surface area contributed by atoms with E-state index in [4.69, 9.17) is 35.4 Å². The first-order chi connectivity index (χ1) is 10.5. The summed E-state index contributed by atoms with van der Waals surface area (Å²) in [5, 5.41) is 8.54. The molecule has 0 spiro atoms. The Hall–Kier alpha value is -1.62. The summed E-state index contributed by atoms with van der Waals surface area (Å²) in [4.78, 5) is 0. The molecular formula is C16H15Cl2N3S. The van der Waals surface area contributed by atoms with Gasteiger partial charge in [0.2, 0.25) is 0 Å². The second-order valence-corrected chi connectivity index (χ2v) is 5.91. The predicted molar refractivity (Wildman–Crippen MR) is 99.3 cm³/mol. The number of hydrogen-bond donors (Lipinski definition) is 2. The average Bonchev–Trinajstić information content (AvgIpc) is 2.48. The maximum Gasteiger partial charge on any atom is 0.191 e. The van der Waals surface area contributed by atoms with Crippen molar-refractivity contribution in [1.82, 2.24) is 5.43 Å². The van der Waals surface area contributed by atoms with Gasteiger partial charge >= 0.3 is 0 Å². The van der Waals surface area contributed by atoms with Crippen molar-refractivity contribution in [3.8, 4) is 0 Å². The molecule has 0 radical (unpaired) electrons. The van der Waals surface area contributed by atoms with E-state index in [0.717, 1.165) is 16.8 Å². The molecule has 2 rings (SSSR count). The van der Waals surface area contributed by atoms with Gasteiger partial charge in [0, 0.05) is 11.3 Å². The zero-order valence-electron chi connectivity index (χ0n) is 12.2. The summed E-state index contributed by atoms with van der Waals surface area (Å²) >= 11 is 17.2. The summed E-state index contributed by atoms with van der Waals surface area (Å²) in [5.74, 6) is 0. The van der Waals surface area contributed by atoms with Gasteiger partial charge in [0.1, 0.15) is 0 Å². The normalized spacial score (nSPS) is 10.7. The van der Waals surface area contributed by atoms with Gasteiger partial charge in [-0.1, -0.05) is 47.5 Å². The molecule has 2 aromatic carbocycles. The van der Waals surface area contributed by atoms with E-state index in [1.807, 2.05) is 31.2 Å². The third-order valence-electron chi connectivity index (χ3n) is 3.20. The van der Waals surface area contributed by atoms with Gasteiger partial charge in [-0.05, 0) is 49.3 Å². The monoisotopic (exact) mass is 351 g/mol. The molecular weight excluding hydrogens is 337 g/mol. The lowest BCUT2D eigenvalue weighted by Gasteiger charge is -2.11. The maximum atomic E-state index is 6.08. The van der Waals surface area contributed by atoms with Crippen molar-refractivity contribution in [3.63, 3.8) is 0 Å². The number of thiocarbonyl (C=S) groups is 1. The van der Waals surface area contributed by atoms with Crippen LogP contribution in [0.3, 0.4) is 0 Å². The molecule has 3 nitrogen and oxygen atoms in total. The van der Waals surface area contributed by atoms with Crippen LogP contribution in [0.1, 0.15) is 16.7 Å². The summed E-state index contributed by atoms with van der Waals surface area (Å²) in [6, 6.07) is 11.3. The molecule has 0 aliphatic heterocycles. The molecule has 6 heteroatoms. The smallest absolute Gasteiger partial charge is 0.191 e. The number of hydrazone groups is 1. The quantitative estimate of drug-likeness (QED) is 0.467. The van der Waals surface area contributed by atoms with Crippen LogP contribution in [0, 0.1) is 13.8 Å². The highest BCUT2D eigenvalue weighted by Crippen LogP contribution is 2.24. The Balaban J connectivity index is 1.99. The fourth-order valence-corrected chi connectivity index (χ4v) is 2.34. The van der Waals surface area contributed by atoms with E-state index in [-0.39, 0.29) is 0 Å². The second kappa shape index (κ2) is 7.58. The summed E-state index contributed by atoms with van der Waals surface area (Å²) in [6.45, 7) is 4.09. The Morgan fingerprint density at radius 3 is 2.64 bits per heavy atom. The van der Waals surface area contributed by atoms with Crippen LogP contribution in [0.2, 0.25) is 10.0 Å². The van der Waals surface area contributed by atoms with Gasteiger partial charge in [-0.2, -0.15) is 5.10 Å². The Kier molecular flexibility index (Phi) is 5.77. The van der Waals surface area contributed by atoms with E-state index in [1.165, 1.54) is 5.56 Å². The van der Waals surface area contributed by atoms with Crippen molar-refractivity contribution < 1.29 is 0 Å². The lowest BCUT2D eigenvalue weighted by Crippen LogP contribution is -2.24. The molecule has 0 bridgehead atoms. The minimum absolute atomic E-state index is 0.406. The Bertz CT molecular complexity index is 729. The topological polar surface area (TPSA) is 36.4 Å². The highest BCUT2D eigenvalue weighted by Gasteiger charge is 2.03. The lowest BCUT2D eigenvalue weighted by molar-refractivity contribution is 1.05. The second-order valence-electron chi connectivity index (χ2n) is 4.71. The minimum Gasteiger partial charge on any atom is -0.331 e. The Morgan fingerprint density at radius 1 is 1.14 bits per heavy atom. The van der Waals surface area contributed by atoms with Crippen LogP contribution >= 0.6 is 35.4 Å². The van der Waals surface area contributed by atoms with Crippen molar-refractivity contribution in [1.29, 1.82) is 0 Å². The Labute approximate surface area is 145 Å². The largest absolute Gasteiger partial charge is 0.331 e. The van der Waals surface area contributed by atoms with Gasteiger partial charge in [0.25, 0.3) is 0 Å². The summed E-state index contributed by atoms with van der Waals surface area (Å²) in [7, 11) is 0. The zero-order chi connectivity index (χ0) is 16.1. The van der Waals surface area contributed by atoms with Gasteiger partial charge in [-0.15, -0.1) is 0 Å². The molecule has 0 fully saturated rings. The number of halogens is 2. The van der Waals surface area contributed by atoms with Crippen LogP contribution in [0.4, 0.5) is 5.69 Å². The molecule has 0 aliphatic carbocycles. The van der Waals surface area contributed by atoms with Crippen LogP contribution in [-0.4, -0.2) is 11.3 Å². The Morgan fingerprint density at radius 2 is 1.86 bits per heavy atom. The molecule has 22 heavy (non-hydrogen) atoms. The van der Waals surface area contributed by atoms with Gasteiger partial charge in [-0.25, -0.2) is 0 Å². The zero-order valence-corrected chi connectivity index (χ0v) is 14.5. The maximum absolute atomic E-state index is 6.08. The average molecular weight is 352 g/mol. The highest BCUT2D eigenvalue weighted by molar-refractivity contribution is 7.80. The summed E-state index contributed by atoms with van der Waals surface area (Å²) < 4.78 is 0. The van der Waals surface area contributed by atoms with Gasteiger partial charge in [-0.3, -0.25) is 5.43 Å². The molecule has 2 aromatic rings. The van der Waals surface area contributed by atoms with Crippen molar-refractivity contribution in [2.24, 2.45) is 5.10 Å². The summed E-state index contributed by atoms with van der Waals surface area (Å²) in [6.07, 6.45) is 1.57. The number of nitrogens with zero attached hydrogens (tertiary/aromatic N) is 1. The fourth-order valence-electron chi connectivity index (χ4n) is 1.82. The van der Waals surface area contributed by atoms with Crippen LogP contribution < -0.4 is 10.7 Å². The highest BCUT2D eigenvalue weighted by atomic mass is 35.5. The molecule has 0 heterocycles. The van der Waals surface area contributed by atoms with E-state index in [2.05, 4.69) is 28.8 Å². The van der Waals surface area contributed by atoms with Crippen molar-refractivity contribution >= 4 is 52.4 Å². The van der Waals surface area contributed by atoms with Crippen molar-refractivity contribution in [3.05, 3.63) is 63.1 Å². The van der Waals surface area contributed by atoms with Crippen LogP contribution in [0.15, 0.2) is 41.5 Å².